The molecule has 1 atom stereocenters. The van der Waals surface area contributed by atoms with Crippen LogP contribution in [0.2, 0.25) is 0 Å². The topological polar surface area (TPSA) is 62.1 Å². The fourth-order valence-corrected chi connectivity index (χ4v) is 1.85. The summed E-state index contributed by atoms with van der Waals surface area (Å²) in [6.07, 6.45) is 1.45. The number of nitrogens with one attached hydrogen (secondary N) is 1. The molecular formula is C14H16N2O2. The molecular weight excluding hydrogens is 228 g/mol. The number of hydrogen-bond donors (Lipinski definition) is 1. The summed E-state index contributed by atoms with van der Waals surface area (Å²) in [4.78, 5) is 11.6. The van der Waals surface area contributed by atoms with Gasteiger partial charge in [-0.2, -0.15) is 5.26 Å². The lowest BCUT2D eigenvalue weighted by atomic mass is 9.98. The van der Waals surface area contributed by atoms with E-state index in [4.69, 9.17) is 10.00 Å². The van der Waals surface area contributed by atoms with Crippen LogP contribution in [-0.4, -0.2) is 11.6 Å². The molecule has 1 aliphatic rings. The summed E-state index contributed by atoms with van der Waals surface area (Å²) in [5.41, 5.74) is 0.131. The van der Waals surface area contributed by atoms with Gasteiger partial charge in [0.2, 0.25) is 0 Å². The maximum atomic E-state index is 11.6. The molecule has 4 nitrogen and oxygen atoms in total. The van der Waals surface area contributed by atoms with Crippen LogP contribution in [0.3, 0.4) is 0 Å². The van der Waals surface area contributed by atoms with Crippen molar-refractivity contribution in [2.24, 2.45) is 5.92 Å². The minimum atomic E-state index is -0.798. The molecule has 0 spiro atoms. The molecule has 1 fully saturated rings. The molecule has 4 heteroatoms. The quantitative estimate of drug-likeness (QED) is 0.885. The molecule has 94 valence electrons. The molecule has 1 unspecified atom stereocenters. The maximum Gasteiger partial charge on any atom is 0.408 e. The standard InChI is InChI=1S/C14H16N2O2/c1-14(10-15,12-7-8-12)16-13(17)18-9-11-5-3-2-4-6-11/h2-6,12H,7-9H2,1H3,(H,16,17). The van der Waals surface area contributed by atoms with Crippen LogP contribution >= 0.6 is 0 Å². The number of benzene rings is 1. The molecule has 2 rings (SSSR count). The van der Waals surface area contributed by atoms with E-state index < -0.39 is 11.6 Å². The third kappa shape index (κ3) is 3.01. The zero-order chi connectivity index (χ0) is 13.0. The number of hydrogen-bond acceptors (Lipinski definition) is 3. The summed E-state index contributed by atoms with van der Waals surface area (Å²) in [6.45, 7) is 1.97. The van der Waals surface area contributed by atoms with E-state index in [9.17, 15) is 4.79 Å². The molecule has 0 heterocycles. The van der Waals surface area contributed by atoms with E-state index in [1.54, 1.807) is 6.92 Å². The summed E-state index contributed by atoms with van der Waals surface area (Å²) >= 11 is 0. The molecule has 1 N–H and O–H groups in total. The predicted molar refractivity (Wildman–Crippen MR) is 66.5 cm³/mol. The van der Waals surface area contributed by atoms with Crippen LogP contribution in [0.15, 0.2) is 30.3 Å². The van der Waals surface area contributed by atoms with Crippen molar-refractivity contribution in [1.82, 2.24) is 5.32 Å². The Bertz CT molecular complexity index is 462. The second-order valence-electron chi connectivity index (χ2n) is 4.78. The Morgan fingerprint density at radius 3 is 2.72 bits per heavy atom. The van der Waals surface area contributed by atoms with Gasteiger partial charge in [0.1, 0.15) is 12.1 Å². The van der Waals surface area contributed by atoms with E-state index in [0.29, 0.717) is 0 Å². The number of nitriles is 1. The van der Waals surface area contributed by atoms with Gasteiger partial charge in [0.05, 0.1) is 6.07 Å². The lowest BCUT2D eigenvalue weighted by Crippen LogP contribution is -2.46. The third-order valence-corrected chi connectivity index (χ3v) is 3.20. The Labute approximate surface area is 107 Å². The lowest BCUT2D eigenvalue weighted by molar-refractivity contribution is 0.130. The Morgan fingerprint density at radius 2 is 2.17 bits per heavy atom. The first-order valence-corrected chi connectivity index (χ1v) is 6.04. The van der Waals surface area contributed by atoms with Crippen LogP contribution in [0, 0.1) is 17.2 Å². The van der Waals surface area contributed by atoms with Gasteiger partial charge in [-0.1, -0.05) is 30.3 Å². The van der Waals surface area contributed by atoms with Crippen LogP contribution < -0.4 is 5.32 Å². The molecule has 0 bridgehead atoms. The molecule has 1 amide bonds. The van der Waals surface area contributed by atoms with Gasteiger partial charge in [-0.3, -0.25) is 0 Å². The van der Waals surface area contributed by atoms with Crippen molar-refractivity contribution in [2.75, 3.05) is 0 Å². The lowest BCUT2D eigenvalue weighted by Gasteiger charge is -2.22. The van der Waals surface area contributed by atoms with Crippen molar-refractivity contribution < 1.29 is 9.53 Å². The van der Waals surface area contributed by atoms with Gasteiger partial charge < -0.3 is 10.1 Å². The number of carbonyl (C=O) groups is 1. The fourth-order valence-electron chi connectivity index (χ4n) is 1.85. The second kappa shape index (κ2) is 5.09. The van der Waals surface area contributed by atoms with Gasteiger partial charge in [0.15, 0.2) is 0 Å². The van der Waals surface area contributed by atoms with Gasteiger partial charge in [0.25, 0.3) is 0 Å². The highest BCUT2D eigenvalue weighted by atomic mass is 16.5. The number of amides is 1. The Morgan fingerprint density at radius 1 is 1.50 bits per heavy atom. The monoisotopic (exact) mass is 244 g/mol. The molecule has 0 aliphatic heterocycles. The molecule has 1 aromatic carbocycles. The summed E-state index contributed by atoms with van der Waals surface area (Å²) in [6, 6.07) is 11.6. The van der Waals surface area contributed by atoms with Crippen LogP contribution in [-0.2, 0) is 11.3 Å². The van der Waals surface area contributed by atoms with Crippen LogP contribution in [0.25, 0.3) is 0 Å². The summed E-state index contributed by atoms with van der Waals surface area (Å²) in [5.74, 6) is 0.256. The van der Waals surface area contributed by atoms with E-state index in [1.807, 2.05) is 30.3 Å². The number of rotatable bonds is 4. The van der Waals surface area contributed by atoms with Crippen LogP contribution in [0.1, 0.15) is 25.3 Å². The largest absolute Gasteiger partial charge is 0.445 e. The SMILES string of the molecule is CC(C#N)(NC(=O)OCc1ccccc1)C1CC1. The molecule has 1 aliphatic carbocycles. The van der Waals surface area contributed by atoms with Crippen molar-refractivity contribution in [2.45, 2.75) is 31.9 Å². The van der Waals surface area contributed by atoms with Crippen LogP contribution in [0.5, 0.6) is 0 Å². The smallest absolute Gasteiger partial charge is 0.408 e. The predicted octanol–water partition coefficient (Wildman–Crippen LogP) is 2.61. The number of carbonyl (C=O) groups excluding carboxylic acids is 1. The minimum absolute atomic E-state index is 0.221. The highest BCUT2D eigenvalue weighted by Gasteiger charge is 2.43. The van der Waals surface area contributed by atoms with Gasteiger partial charge in [-0.25, -0.2) is 4.79 Å². The second-order valence-corrected chi connectivity index (χ2v) is 4.78. The minimum Gasteiger partial charge on any atom is -0.445 e. The first-order valence-electron chi connectivity index (χ1n) is 6.04. The van der Waals surface area contributed by atoms with Gasteiger partial charge >= 0.3 is 6.09 Å². The van der Waals surface area contributed by atoms with E-state index in [2.05, 4.69) is 11.4 Å². The van der Waals surface area contributed by atoms with Gasteiger partial charge in [-0.05, 0) is 31.2 Å². The maximum absolute atomic E-state index is 11.6. The van der Waals surface area contributed by atoms with E-state index in [0.717, 1.165) is 18.4 Å². The Hall–Kier alpha value is -2.02. The first-order chi connectivity index (χ1) is 8.64. The number of alkyl carbamates (subject to hydrolysis) is 1. The van der Waals surface area contributed by atoms with Crippen molar-refractivity contribution in [3.05, 3.63) is 35.9 Å². The van der Waals surface area contributed by atoms with E-state index in [-0.39, 0.29) is 12.5 Å². The van der Waals surface area contributed by atoms with E-state index in [1.165, 1.54) is 0 Å². The van der Waals surface area contributed by atoms with Gasteiger partial charge in [0, 0.05) is 0 Å². The Kier molecular flexibility index (Phi) is 3.52. The fraction of sp³-hybridized carbons (Fsp3) is 0.429. The molecule has 0 radical (unpaired) electrons. The molecule has 1 saturated carbocycles. The molecule has 0 saturated heterocycles. The summed E-state index contributed by atoms with van der Waals surface area (Å²) in [7, 11) is 0. The highest BCUT2D eigenvalue weighted by molar-refractivity contribution is 5.69. The van der Waals surface area contributed by atoms with Crippen molar-refractivity contribution >= 4 is 6.09 Å². The highest BCUT2D eigenvalue weighted by Crippen LogP contribution is 2.39. The zero-order valence-electron chi connectivity index (χ0n) is 10.3. The van der Waals surface area contributed by atoms with Crippen LogP contribution in [0.4, 0.5) is 4.79 Å². The normalized spacial score (nSPS) is 17.3. The zero-order valence-corrected chi connectivity index (χ0v) is 10.3. The number of ether oxygens (including phenoxy) is 1. The summed E-state index contributed by atoms with van der Waals surface area (Å²) < 4.78 is 5.10. The van der Waals surface area contributed by atoms with Gasteiger partial charge in [-0.15, -0.1) is 0 Å². The van der Waals surface area contributed by atoms with Crippen molar-refractivity contribution in [1.29, 1.82) is 5.26 Å². The van der Waals surface area contributed by atoms with E-state index >= 15 is 0 Å². The Balaban J connectivity index is 1.84. The molecule has 1 aromatic rings. The number of nitrogens with zero attached hydrogens (tertiary/aromatic N) is 1. The van der Waals surface area contributed by atoms with Crippen molar-refractivity contribution in [3.63, 3.8) is 0 Å². The average Bonchev–Trinajstić information content (AvgIpc) is 3.22. The average molecular weight is 244 g/mol. The molecule has 0 aromatic heterocycles. The third-order valence-electron chi connectivity index (χ3n) is 3.20. The molecule has 18 heavy (non-hydrogen) atoms. The first kappa shape index (κ1) is 12.4. The summed E-state index contributed by atoms with van der Waals surface area (Å²) in [5, 5.41) is 11.8. The van der Waals surface area contributed by atoms with Crippen molar-refractivity contribution in [3.8, 4) is 6.07 Å².